The summed E-state index contributed by atoms with van der Waals surface area (Å²) in [6, 6.07) is 58.0. The van der Waals surface area contributed by atoms with Crippen LogP contribution in [0, 0.1) is 0 Å². The van der Waals surface area contributed by atoms with Gasteiger partial charge in [-0.05, 0) is 102 Å². The third-order valence-electron chi connectivity index (χ3n) is 9.80. The Labute approximate surface area is 357 Å². The fraction of sp³-hybridized carbons (Fsp3) is 0.231. The molecule has 6 aromatic rings. The number of halogens is 2. The summed E-state index contributed by atoms with van der Waals surface area (Å²) < 4.78 is 11.8. The van der Waals surface area contributed by atoms with Crippen molar-refractivity contribution in [2.24, 2.45) is 0 Å². The summed E-state index contributed by atoms with van der Waals surface area (Å²) in [7, 11) is 4.09. The van der Waals surface area contributed by atoms with Gasteiger partial charge >= 0.3 is 0 Å². The smallest absolute Gasteiger partial charge is 0.119 e. The summed E-state index contributed by atoms with van der Waals surface area (Å²) in [5.41, 5.74) is 10.2. The molecule has 0 aliphatic rings. The maximum absolute atomic E-state index is 6.87. The van der Waals surface area contributed by atoms with E-state index in [1.165, 1.54) is 27.8 Å². The molecule has 0 bridgehead atoms. The minimum Gasteiger partial charge on any atom is -0.492 e. The van der Waals surface area contributed by atoms with Crippen LogP contribution in [0.2, 0.25) is 0 Å². The van der Waals surface area contributed by atoms with Crippen LogP contribution in [0.5, 0.6) is 11.5 Å². The number of ether oxygens (including phenoxy) is 2. The Kier molecular flexibility index (Phi) is 18.2. The Balaban J connectivity index is 0.000000221. The number of likely N-dealkylation sites (N-methyl/N-ethyl adjacent to an activating group) is 2. The van der Waals surface area contributed by atoms with Crippen molar-refractivity contribution < 1.29 is 9.47 Å². The van der Waals surface area contributed by atoms with Crippen molar-refractivity contribution in [2.75, 3.05) is 59.4 Å². The number of hydrogen-bond acceptors (Lipinski definition) is 4. The third kappa shape index (κ3) is 13.2. The lowest BCUT2D eigenvalue weighted by molar-refractivity contribution is 0.223. The zero-order valence-corrected chi connectivity index (χ0v) is 35.8. The Hall–Kier alpha value is -5.10. The number of alkyl halides is 1. The van der Waals surface area contributed by atoms with Gasteiger partial charge in [0.25, 0.3) is 0 Å². The molecule has 4 nitrogen and oxygen atoms in total. The molecule has 0 atom stereocenters. The Morgan fingerprint density at radius 3 is 1.28 bits per heavy atom. The first-order chi connectivity index (χ1) is 28.4. The van der Waals surface area contributed by atoms with E-state index in [9.17, 15) is 0 Å². The molecule has 0 aliphatic heterocycles. The van der Waals surface area contributed by atoms with Crippen molar-refractivity contribution in [3.8, 4) is 11.5 Å². The molecule has 0 amide bonds. The van der Waals surface area contributed by atoms with E-state index < -0.39 is 0 Å². The zero-order valence-electron chi connectivity index (χ0n) is 34.3. The molecule has 0 saturated heterocycles. The quantitative estimate of drug-likeness (QED) is 0.0638. The lowest BCUT2D eigenvalue weighted by atomic mass is 9.88. The number of nitrogens with zero attached hydrogens (tertiary/aromatic N) is 2. The van der Waals surface area contributed by atoms with E-state index in [1.807, 2.05) is 86.9 Å². The predicted octanol–water partition coefficient (Wildman–Crippen LogP) is 12.8. The van der Waals surface area contributed by atoms with Crippen molar-refractivity contribution in [3.63, 3.8) is 0 Å². The predicted molar refractivity (Wildman–Crippen MR) is 249 cm³/mol. The fourth-order valence-electron chi connectivity index (χ4n) is 6.64. The van der Waals surface area contributed by atoms with Crippen molar-refractivity contribution in [1.29, 1.82) is 0 Å². The average molecular weight is 812 g/mol. The molecule has 0 N–H and O–H groups in total. The second-order valence-corrected chi connectivity index (χ2v) is 14.8. The number of benzene rings is 6. The van der Waals surface area contributed by atoms with Gasteiger partial charge in [-0.2, -0.15) is 0 Å². The summed E-state index contributed by atoms with van der Waals surface area (Å²) >= 11 is 13.1. The maximum atomic E-state index is 6.87. The zero-order chi connectivity index (χ0) is 41.0. The van der Waals surface area contributed by atoms with Crippen molar-refractivity contribution in [1.82, 2.24) is 9.80 Å². The number of rotatable bonds is 18. The van der Waals surface area contributed by atoms with Gasteiger partial charge in [-0.3, -0.25) is 0 Å². The molecule has 0 spiro atoms. The molecule has 6 heteroatoms. The molecule has 0 fully saturated rings. The molecule has 0 radical (unpaired) electrons. The summed E-state index contributed by atoms with van der Waals surface area (Å²) in [6.45, 7) is 9.62. The van der Waals surface area contributed by atoms with Crippen molar-refractivity contribution in [2.45, 2.75) is 20.3 Å². The van der Waals surface area contributed by atoms with Crippen LogP contribution < -0.4 is 9.47 Å². The maximum Gasteiger partial charge on any atom is 0.119 e. The first-order valence-corrected chi connectivity index (χ1v) is 21.1. The van der Waals surface area contributed by atoms with Gasteiger partial charge in [0.15, 0.2) is 0 Å². The van der Waals surface area contributed by atoms with Gasteiger partial charge in [0, 0.05) is 24.5 Å². The van der Waals surface area contributed by atoms with Gasteiger partial charge in [-0.15, -0.1) is 11.6 Å². The highest BCUT2D eigenvalue weighted by Crippen LogP contribution is 2.37. The molecule has 6 aromatic carbocycles. The van der Waals surface area contributed by atoms with Crippen LogP contribution in [0.4, 0.5) is 0 Å². The second-order valence-electron chi connectivity index (χ2n) is 14.0. The third-order valence-corrected chi connectivity index (χ3v) is 10.4. The molecular weight excluding hydrogens is 755 g/mol. The first kappa shape index (κ1) is 44.0. The summed E-state index contributed by atoms with van der Waals surface area (Å²) in [5, 5.41) is 0.743. The van der Waals surface area contributed by atoms with Gasteiger partial charge < -0.3 is 19.3 Å². The van der Waals surface area contributed by atoms with E-state index in [0.717, 1.165) is 71.4 Å². The van der Waals surface area contributed by atoms with Crippen LogP contribution >= 0.6 is 23.2 Å². The van der Waals surface area contributed by atoms with E-state index in [-0.39, 0.29) is 0 Å². The Bertz CT molecular complexity index is 2120. The topological polar surface area (TPSA) is 24.9 Å². The van der Waals surface area contributed by atoms with Crippen molar-refractivity contribution in [3.05, 3.63) is 203 Å². The monoisotopic (exact) mass is 810 g/mol. The van der Waals surface area contributed by atoms with E-state index in [1.54, 1.807) is 0 Å². The van der Waals surface area contributed by atoms with Gasteiger partial charge in [-0.25, -0.2) is 0 Å². The molecule has 300 valence electrons. The summed E-state index contributed by atoms with van der Waals surface area (Å²) in [5.74, 6) is 2.34. The molecule has 6 rings (SSSR count). The highest BCUT2D eigenvalue weighted by atomic mass is 35.5. The normalized spacial score (nSPS) is 12.0. The molecular formula is C52H56Cl2N2O2. The van der Waals surface area contributed by atoms with Gasteiger partial charge in [0.1, 0.15) is 24.7 Å². The lowest BCUT2D eigenvalue weighted by Gasteiger charge is -2.18. The molecule has 0 aliphatic carbocycles. The van der Waals surface area contributed by atoms with Crippen LogP contribution in [0.1, 0.15) is 53.6 Å². The average Bonchev–Trinajstić information content (AvgIpc) is 3.27. The SMILES string of the molecule is CCN(CC)CCOc1ccc(/C(=C(\Cl)c2ccccc2)c2ccccc2)cc1.CN(C)CCOc1ccc(/C(=C(/CCCl)c2ccccc2)c2ccccc2)cc1. The lowest BCUT2D eigenvalue weighted by Crippen LogP contribution is -2.27. The minimum absolute atomic E-state index is 0.576. The second kappa shape index (κ2) is 24.0. The van der Waals surface area contributed by atoms with Gasteiger partial charge in [0.05, 0.1) is 5.03 Å². The van der Waals surface area contributed by atoms with E-state index in [4.69, 9.17) is 32.7 Å². The highest BCUT2D eigenvalue weighted by Gasteiger charge is 2.15. The Morgan fingerprint density at radius 1 is 0.466 bits per heavy atom. The highest BCUT2D eigenvalue weighted by molar-refractivity contribution is 6.53. The van der Waals surface area contributed by atoms with Crippen molar-refractivity contribution >= 4 is 45.0 Å². The summed E-state index contributed by atoms with van der Waals surface area (Å²) in [6.07, 6.45) is 0.802. The Morgan fingerprint density at radius 2 is 0.845 bits per heavy atom. The van der Waals surface area contributed by atoms with Gasteiger partial charge in [0.2, 0.25) is 0 Å². The van der Waals surface area contributed by atoms with Gasteiger partial charge in [-0.1, -0.05) is 171 Å². The standard InChI is InChI=1S/2C26H28ClNO/c1-28(2)19-20-29-24-15-13-23(14-16-24)26(22-11-7-4-8-12-22)25(17-18-27)21-9-5-3-6-10-21;1-3-28(4-2)19-20-29-24-17-15-22(16-18-24)25(21-11-7-5-8-12-21)26(27)23-13-9-6-10-14-23/h3-16H,17-20H2,1-2H3;5-18H,3-4,19-20H2,1-2H3/b2*26-25-. The molecule has 0 saturated carbocycles. The fourth-order valence-corrected chi connectivity index (χ4v) is 7.17. The largest absolute Gasteiger partial charge is 0.492 e. The first-order valence-electron chi connectivity index (χ1n) is 20.2. The summed E-state index contributed by atoms with van der Waals surface area (Å²) in [4.78, 5) is 4.47. The van der Waals surface area contributed by atoms with Crippen LogP contribution in [0.25, 0.3) is 21.8 Å². The van der Waals surface area contributed by atoms with E-state index >= 15 is 0 Å². The molecule has 58 heavy (non-hydrogen) atoms. The van der Waals surface area contributed by atoms with Crippen LogP contribution in [-0.2, 0) is 0 Å². The minimum atomic E-state index is 0.576. The number of allylic oxidation sites excluding steroid dienone is 1. The van der Waals surface area contributed by atoms with Crippen LogP contribution in [-0.4, -0.2) is 69.2 Å². The molecule has 0 unspecified atom stereocenters. The van der Waals surface area contributed by atoms with Crippen LogP contribution in [0.15, 0.2) is 170 Å². The number of hydrogen-bond donors (Lipinski definition) is 0. The molecule has 0 heterocycles. The van der Waals surface area contributed by atoms with Crippen LogP contribution in [0.3, 0.4) is 0 Å². The van der Waals surface area contributed by atoms with E-state index in [2.05, 4.69) is 121 Å². The van der Waals surface area contributed by atoms with E-state index in [0.29, 0.717) is 19.1 Å². The molecule has 0 aromatic heterocycles.